The van der Waals surface area contributed by atoms with E-state index in [0.29, 0.717) is 17.9 Å². The van der Waals surface area contributed by atoms with Crippen LogP contribution >= 0.6 is 0 Å². The number of anilines is 2. The number of H-pyrrole nitrogens is 1. The number of aryl methyl sites for hydroxylation is 1. The molecule has 3 rings (SSSR count). The highest BCUT2D eigenvalue weighted by Crippen LogP contribution is 2.32. The SMILES string of the molecule is Cc1cc2c(cc1N)N(C(=O)c1cn[nH]n1)CC2. The summed E-state index contributed by atoms with van der Waals surface area (Å²) in [5.74, 6) is -0.147. The second-order valence-electron chi connectivity index (χ2n) is 4.40. The first-order valence-corrected chi connectivity index (χ1v) is 5.73. The Balaban J connectivity index is 2.00. The molecule has 0 atom stereocenters. The summed E-state index contributed by atoms with van der Waals surface area (Å²) < 4.78 is 0. The number of hydrogen-bond donors (Lipinski definition) is 2. The number of nitrogens with two attached hydrogens (primary N) is 1. The molecule has 0 saturated carbocycles. The number of carbonyl (C=O) groups excluding carboxylic acids is 1. The highest BCUT2D eigenvalue weighted by molar-refractivity contribution is 6.06. The quantitative estimate of drug-likeness (QED) is 0.728. The van der Waals surface area contributed by atoms with E-state index in [1.807, 2.05) is 19.1 Å². The van der Waals surface area contributed by atoms with E-state index in [-0.39, 0.29) is 5.91 Å². The smallest absolute Gasteiger partial charge is 0.280 e. The number of hydrogen-bond acceptors (Lipinski definition) is 4. The van der Waals surface area contributed by atoms with Crippen molar-refractivity contribution in [2.24, 2.45) is 0 Å². The van der Waals surface area contributed by atoms with Gasteiger partial charge in [-0.2, -0.15) is 15.4 Å². The Morgan fingerprint density at radius 1 is 1.50 bits per heavy atom. The first-order valence-electron chi connectivity index (χ1n) is 5.73. The monoisotopic (exact) mass is 243 g/mol. The van der Waals surface area contributed by atoms with Crippen LogP contribution in [0.3, 0.4) is 0 Å². The second-order valence-corrected chi connectivity index (χ2v) is 4.40. The summed E-state index contributed by atoms with van der Waals surface area (Å²) in [6, 6.07) is 3.90. The molecule has 2 heterocycles. The second kappa shape index (κ2) is 3.83. The molecule has 1 aromatic heterocycles. The van der Waals surface area contributed by atoms with Crippen molar-refractivity contribution in [1.29, 1.82) is 0 Å². The maximum absolute atomic E-state index is 12.2. The predicted octanol–water partition coefficient (Wildman–Crippen LogP) is 0.898. The Bertz CT molecular complexity index is 605. The van der Waals surface area contributed by atoms with E-state index in [9.17, 15) is 4.79 Å². The molecule has 18 heavy (non-hydrogen) atoms. The molecule has 6 heteroatoms. The van der Waals surface area contributed by atoms with Gasteiger partial charge in [-0.25, -0.2) is 0 Å². The molecule has 1 aromatic carbocycles. The van der Waals surface area contributed by atoms with Gasteiger partial charge in [0.2, 0.25) is 0 Å². The minimum absolute atomic E-state index is 0.147. The largest absolute Gasteiger partial charge is 0.398 e. The third kappa shape index (κ3) is 1.54. The summed E-state index contributed by atoms with van der Waals surface area (Å²) in [5, 5.41) is 9.92. The van der Waals surface area contributed by atoms with Crippen molar-refractivity contribution in [3.05, 3.63) is 35.2 Å². The standard InChI is InChI=1S/C12H13N5O/c1-7-4-8-2-3-17(11(8)5-9(7)13)12(18)10-6-14-16-15-10/h4-6H,2-3,13H2,1H3,(H,14,15,16). The molecule has 0 unspecified atom stereocenters. The topological polar surface area (TPSA) is 87.9 Å². The van der Waals surface area contributed by atoms with Crippen LogP contribution in [0, 0.1) is 6.92 Å². The molecule has 6 nitrogen and oxygen atoms in total. The normalized spacial score (nSPS) is 13.7. The summed E-state index contributed by atoms with van der Waals surface area (Å²) in [5.41, 5.74) is 10.0. The lowest BCUT2D eigenvalue weighted by Gasteiger charge is -2.16. The fourth-order valence-electron chi connectivity index (χ4n) is 2.23. The van der Waals surface area contributed by atoms with Gasteiger partial charge in [-0.3, -0.25) is 4.79 Å². The van der Waals surface area contributed by atoms with Crippen molar-refractivity contribution in [3.8, 4) is 0 Å². The molecule has 3 N–H and O–H groups in total. The fourth-order valence-corrected chi connectivity index (χ4v) is 2.23. The maximum Gasteiger partial charge on any atom is 0.280 e. The molecule has 0 saturated heterocycles. The lowest BCUT2D eigenvalue weighted by atomic mass is 10.1. The number of fused-ring (bicyclic) bond motifs is 1. The van der Waals surface area contributed by atoms with Crippen molar-refractivity contribution in [2.45, 2.75) is 13.3 Å². The number of nitrogens with one attached hydrogen (secondary N) is 1. The van der Waals surface area contributed by atoms with E-state index in [4.69, 9.17) is 5.73 Å². The van der Waals surface area contributed by atoms with Crippen LogP contribution in [0.4, 0.5) is 11.4 Å². The van der Waals surface area contributed by atoms with Gasteiger partial charge in [-0.1, -0.05) is 6.07 Å². The van der Waals surface area contributed by atoms with E-state index in [1.54, 1.807) is 4.90 Å². The van der Waals surface area contributed by atoms with Gasteiger partial charge in [-0.05, 0) is 30.5 Å². The average Bonchev–Trinajstić information content (AvgIpc) is 2.98. The summed E-state index contributed by atoms with van der Waals surface area (Å²) in [4.78, 5) is 13.9. The van der Waals surface area contributed by atoms with E-state index < -0.39 is 0 Å². The zero-order valence-corrected chi connectivity index (χ0v) is 9.97. The Morgan fingerprint density at radius 2 is 2.33 bits per heavy atom. The van der Waals surface area contributed by atoms with Gasteiger partial charge in [0.05, 0.1) is 6.20 Å². The Morgan fingerprint density at radius 3 is 3.06 bits per heavy atom. The lowest BCUT2D eigenvalue weighted by molar-refractivity contribution is 0.0984. The number of nitrogen functional groups attached to an aromatic ring is 1. The summed E-state index contributed by atoms with van der Waals surface area (Å²) in [7, 11) is 0. The molecular weight excluding hydrogens is 230 g/mol. The number of carbonyl (C=O) groups is 1. The van der Waals surface area contributed by atoms with Crippen LogP contribution in [0.5, 0.6) is 0 Å². The molecule has 92 valence electrons. The molecule has 2 aromatic rings. The molecule has 1 aliphatic heterocycles. The Labute approximate surface area is 104 Å². The molecule has 1 aliphatic rings. The van der Waals surface area contributed by atoms with Gasteiger partial charge >= 0.3 is 0 Å². The van der Waals surface area contributed by atoms with Gasteiger partial charge < -0.3 is 10.6 Å². The number of benzene rings is 1. The number of rotatable bonds is 1. The minimum atomic E-state index is -0.147. The Hall–Kier alpha value is -2.37. The predicted molar refractivity (Wildman–Crippen MR) is 67.4 cm³/mol. The molecule has 0 fully saturated rings. The van der Waals surface area contributed by atoms with Crippen LogP contribution in [0.15, 0.2) is 18.3 Å². The van der Waals surface area contributed by atoms with Crippen molar-refractivity contribution < 1.29 is 4.79 Å². The minimum Gasteiger partial charge on any atom is -0.398 e. The van der Waals surface area contributed by atoms with Crippen molar-refractivity contribution in [3.63, 3.8) is 0 Å². The molecule has 0 aliphatic carbocycles. The number of nitrogens with zero attached hydrogens (tertiary/aromatic N) is 3. The van der Waals surface area contributed by atoms with Gasteiger partial charge in [0.1, 0.15) is 0 Å². The molecule has 1 amide bonds. The first kappa shape index (κ1) is 10.8. The highest BCUT2D eigenvalue weighted by atomic mass is 16.2. The van der Waals surface area contributed by atoms with Gasteiger partial charge in [0, 0.05) is 17.9 Å². The highest BCUT2D eigenvalue weighted by Gasteiger charge is 2.27. The number of aromatic amines is 1. The van der Waals surface area contributed by atoms with Crippen LogP contribution in [0.25, 0.3) is 0 Å². The van der Waals surface area contributed by atoms with Gasteiger partial charge in [0.15, 0.2) is 5.69 Å². The summed E-state index contributed by atoms with van der Waals surface area (Å²) >= 11 is 0. The first-order chi connectivity index (χ1) is 8.66. The van der Waals surface area contributed by atoms with Crippen molar-refractivity contribution in [2.75, 3.05) is 17.2 Å². The summed E-state index contributed by atoms with van der Waals surface area (Å²) in [6.07, 6.45) is 2.28. The van der Waals surface area contributed by atoms with Gasteiger partial charge in [0.25, 0.3) is 5.91 Å². The van der Waals surface area contributed by atoms with E-state index in [2.05, 4.69) is 15.4 Å². The molecule has 0 spiro atoms. The third-order valence-corrected chi connectivity index (χ3v) is 3.24. The van der Waals surface area contributed by atoms with Crippen LogP contribution in [0.1, 0.15) is 21.6 Å². The Kier molecular flexibility index (Phi) is 2.29. The zero-order chi connectivity index (χ0) is 12.7. The van der Waals surface area contributed by atoms with E-state index >= 15 is 0 Å². The van der Waals surface area contributed by atoms with Crippen molar-refractivity contribution in [1.82, 2.24) is 15.4 Å². The maximum atomic E-state index is 12.2. The van der Waals surface area contributed by atoms with Gasteiger partial charge in [-0.15, -0.1) is 0 Å². The van der Waals surface area contributed by atoms with Crippen LogP contribution in [-0.4, -0.2) is 27.9 Å². The third-order valence-electron chi connectivity index (χ3n) is 3.24. The van der Waals surface area contributed by atoms with Crippen molar-refractivity contribution >= 4 is 17.3 Å². The van der Waals surface area contributed by atoms with Crippen LogP contribution in [0.2, 0.25) is 0 Å². The van der Waals surface area contributed by atoms with Crippen LogP contribution < -0.4 is 10.6 Å². The number of aromatic nitrogens is 3. The summed E-state index contributed by atoms with van der Waals surface area (Å²) in [6.45, 7) is 2.63. The number of amides is 1. The molecule has 0 bridgehead atoms. The van der Waals surface area contributed by atoms with E-state index in [1.165, 1.54) is 6.20 Å². The molecule has 0 radical (unpaired) electrons. The van der Waals surface area contributed by atoms with Crippen LogP contribution in [-0.2, 0) is 6.42 Å². The average molecular weight is 243 g/mol. The fraction of sp³-hybridized carbons (Fsp3) is 0.250. The zero-order valence-electron chi connectivity index (χ0n) is 9.97. The lowest BCUT2D eigenvalue weighted by Crippen LogP contribution is -2.29. The van der Waals surface area contributed by atoms with E-state index in [0.717, 1.165) is 23.2 Å². The molecular formula is C12H13N5O.